The van der Waals surface area contributed by atoms with E-state index in [-0.39, 0.29) is 27.8 Å². The van der Waals surface area contributed by atoms with Crippen molar-refractivity contribution in [3.05, 3.63) is 51.8 Å². The summed E-state index contributed by atoms with van der Waals surface area (Å²) in [5.41, 5.74) is 0.993. The fraction of sp³-hybridized carbons (Fsp3) is 0.222. The molecule has 0 radical (unpaired) electrons. The van der Waals surface area contributed by atoms with Gasteiger partial charge < -0.3 is 10.1 Å². The number of anilines is 2. The van der Waals surface area contributed by atoms with Gasteiger partial charge in [0.05, 0.1) is 10.6 Å². The van der Waals surface area contributed by atoms with Gasteiger partial charge in [-0.15, -0.1) is 0 Å². The molecule has 0 fully saturated rings. The standard InChI is InChI=1S/C18H16ClF2N7O3/c1-8-6-10(7-9(2)22-8)15(29)23-14-12(31-17(20)21)5-4-11(13(14)19)16(30)24-18-25-26-27-28(18)3/h4-7,17H,1-3H3,(H,23,29)(H,24,25,27,30). The molecule has 0 saturated carbocycles. The molecule has 0 aliphatic carbocycles. The number of pyridine rings is 1. The van der Waals surface area contributed by atoms with Crippen LogP contribution in [-0.2, 0) is 7.05 Å². The highest BCUT2D eigenvalue weighted by molar-refractivity contribution is 6.38. The number of ether oxygens (including phenoxy) is 1. The summed E-state index contributed by atoms with van der Waals surface area (Å²) < 4.78 is 31.4. The summed E-state index contributed by atoms with van der Waals surface area (Å²) in [6.07, 6.45) is 0. The van der Waals surface area contributed by atoms with Crippen LogP contribution in [0.5, 0.6) is 5.75 Å². The Morgan fingerprint density at radius 3 is 2.39 bits per heavy atom. The van der Waals surface area contributed by atoms with Crippen molar-refractivity contribution in [2.24, 2.45) is 7.05 Å². The summed E-state index contributed by atoms with van der Waals surface area (Å²) >= 11 is 6.30. The second-order valence-corrected chi connectivity index (χ2v) is 6.73. The maximum Gasteiger partial charge on any atom is 0.387 e. The van der Waals surface area contributed by atoms with Crippen LogP contribution in [0.25, 0.3) is 0 Å². The minimum atomic E-state index is -3.18. The fourth-order valence-corrected chi connectivity index (χ4v) is 2.99. The van der Waals surface area contributed by atoms with Crippen molar-refractivity contribution < 1.29 is 23.1 Å². The lowest BCUT2D eigenvalue weighted by Gasteiger charge is -2.16. The molecule has 3 rings (SSSR count). The number of benzene rings is 1. The molecule has 0 atom stereocenters. The monoisotopic (exact) mass is 451 g/mol. The number of aromatic nitrogens is 5. The number of nitrogens with one attached hydrogen (secondary N) is 2. The molecule has 0 unspecified atom stereocenters. The lowest BCUT2D eigenvalue weighted by atomic mass is 10.1. The first-order valence-electron chi connectivity index (χ1n) is 8.73. The second kappa shape index (κ2) is 9.00. The van der Waals surface area contributed by atoms with Crippen molar-refractivity contribution in [3.63, 3.8) is 0 Å². The van der Waals surface area contributed by atoms with E-state index < -0.39 is 24.2 Å². The van der Waals surface area contributed by atoms with Gasteiger partial charge in [-0.25, -0.2) is 4.68 Å². The van der Waals surface area contributed by atoms with Crippen molar-refractivity contribution in [2.75, 3.05) is 10.6 Å². The number of aryl methyl sites for hydroxylation is 3. The summed E-state index contributed by atoms with van der Waals surface area (Å²) in [6.45, 7) is 0.226. The normalized spacial score (nSPS) is 10.8. The van der Waals surface area contributed by atoms with Crippen LogP contribution in [0.1, 0.15) is 32.1 Å². The number of alkyl halides is 2. The molecule has 1 aromatic carbocycles. The largest absolute Gasteiger partial charge is 0.433 e. The molecule has 0 bridgehead atoms. The summed E-state index contributed by atoms with van der Waals surface area (Å²) in [7, 11) is 1.50. The first-order valence-corrected chi connectivity index (χ1v) is 9.11. The Hall–Kier alpha value is -3.67. The third-order valence-corrected chi connectivity index (χ3v) is 4.38. The number of hydrogen-bond donors (Lipinski definition) is 2. The molecule has 2 amide bonds. The Morgan fingerprint density at radius 2 is 1.81 bits per heavy atom. The van der Waals surface area contributed by atoms with Gasteiger partial charge in [0.25, 0.3) is 11.8 Å². The third-order valence-electron chi connectivity index (χ3n) is 3.99. The smallest absolute Gasteiger partial charge is 0.387 e. The lowest BCUT2D eigenvalue weighted by molar-refractivity contribution is -0.0493. The molecule has 13 heteroatoms. The van der Waals surface area contributed by atoms with Crippen LogP contribution in [0.3, 0.4) is 0 Å². The van der Waals surface area contributed by atoms with Crippen molar-refractivity contribution in [2.45, 2.75) is 20.5 Å². The molecule has 0 saturated heterocycles. The van der Waals surface area contributed by atoms with Crippen LogP contribution in [0.2, 0.25) is 5.02 Å². The Kier molecular flexibility index (Phi) is 6.39. The van der Waals surface area contributed by atoms with Gasteiger partial charge in [0.2, 0.25) is 5.95 Å². The molecule has 31 heavy (non-hydrogen) atoms. The SMILES string of the molecule is Cc1cc(C(=O)Nc2c(OC(F)F)ccc(C(=O)Nc3nnnn3C)c2Cl)cc(C)n1. The minimum Gasteiger partial charge on any atom is -0.433 e. The first-order chi connectivity index (χ1) is 14.7. The summed E-state index contributed by atoms with van der Waals surface area (Å²) in [6, 6.07) is 5.30. The molecule has 3 aromatic rings. The van der Waals surface area contributed by atoms with Crippen molar-refractivity contribution in [3.8, 4) is 5.75 Å². The molecule has 10 nitrogen and oxygen atoms in total. The number of hydrogen-bond acceptors (Lipinski definition) is 7. The van der Waals surface area contributed by atoms with E-state index in [9.17, 15) is 18.4 Å². The van der Waals surface area contributed by atoms with Gasteiger partial charge in [-0.2, -0.15) is 8.78 Å². The highest BCUT2D eigenvalue weighted by atomic mass is 35.5. The molecular weight excluding hydrogens is 436 g/mol. The van der Waals surface area contributed by atoms with E-state index in [1.807, 2.05) is 0 Å². The topological polar surface area (TPSA) is 124 Å². The zero-order valence-electron chi connectivity index (χ0n) is 16.5. The van der Waals surface area contributed by atoms with Crippen LogP contribution < -0.4 is 15.4 Å². The molecule has 0 spiro atoms. The Balaban J connectivity index is 1.97. The minimum absolute atomic E-state index is 0.0299. The highest BCUT2D eigenvalue weighted by Gasteiger charge is 2.23. The third kappa shape index (κ3) is 5.09. The number of carbonyl (C=O) groups is 2. The Labute approximate surface area is 179 Å². The number of tetrazole rings is 1. The van der Waals surface area contributed by atoms with Gasteiger partial charge in [0, 0.05) is 24.0 Å². The second-order valence-electron chi connectivity index (χ2n) is 6.35. The number of halogens is 3. The van der Waals surface area contributed by atoms with Crippen LogP contribution in [0.15, 0.2) is 24.3 Å². The van der Waals surface area contributed by atoms with E-state index in [1.165, 1.54) is 29.9 Å². The van der Waals surface area contributed by atoms with Crippen LogP contribution in [-0.4, -0.2) is 43.6 Å². The fourth-order valence-electron chi connectivity index (χ4n) is 2.70. The maximum atomic E-state index is 12.9. The predicted molar refractivity (Wildman–Crippen MR) is 106 cm³/mol. The first kappa shape index (κ1) is 22.0. The van der Waals surface area contributed by atoms with Crippen molar-refractivity contribution in [1.82, 2.24) is 25.2 Å². The van der Waals surface area contributed by atoms with E-state index in [0.717, 1.165) is 6.07 Å². The van der Waals surface area contributed by atoms with Crippen molar-refractivity contribution >= 4 is 35.1 Å². The quantitative estimate of drug-likeness (QED) is 0.590. The van der Waals surface area contributed by atoms with Gasteiger partial charge in [-0.3, -0.25) is 19.9 Å². The number of amides is 2. The molecule has 0 aliphatic heterocycles. The summed E-state index contributed by atoms with van der Waals surface area (Å²) in [5, 5.41) is 15.2. The average molecular weight is 452 g/mol. The number of rotatable bonds is 6. The van der Waals surface area contributed by atoms with Gasteiger partial charge in [-0.1, -0.05) is 16.7 Å². The average Bonchev–Trinajstić information content (AvgIpc) is 3.07. The number of carbonyl (C=O) groups excluding carboxylic acids is 2. The molecule has 2 heterocycles. The highest BCUT2D eigenvalue weighted by Crippen LogP contribution is 2.37. The van der Waals surface area contributed by atoms with E-state index in [1.54, 1.807) is 13.8 Å². The Morgan fingerprint density at radius 1 is 1.13 bits per heavy atom. The molecule has 162 valence electrons. The molecular formula is C18H16ClF2N7O3. The zero-order valence-corrected chi connectivity index (χ0v) is 17.2. The van der Waals surface area contributed by atoms with Crippen LogP contribution >= 0.6 is 11.6 Å². The summed E-state index contributed by atoms with van der Waals surface area (Å²) in [4.78, 5) is 29.5. The van der Waals surface area contributed by atoms with Crippen LogP contribution in [0.4, 0.5) is 20.4 Å². The zero-order chi connectivity index (χ0) is 22.7. The van der Waals surface area contributed by atoms with Gasteiger partial charge >= 0.3 is 6.61 Å². The van der Waals surface area contributed by atoms with E-state index in [0.29, 0.717) is 11.4 Å². The number of nitrogens with zero attached hydrogens (tertiary/aromatic N) is 5. The van der Waals surface area contributed by atoms with Crippen molar-refractivity contribution in [1.29, 1.82) is 0 Å². The molecule has 2 N–H and O–H groups in total. The molecule has 2 aromatic heterocycles. The Bertz CT molecular complexity index is 1130. The predicted octanol–water partition coefficient (Wildman–Crippen LogP) is 2.98. The van der Waals surface area contributed by atoms with Crippen LogP contribution in [0, 0.1) is 13.8 Å². The summed E-state index contributed by atoms with van der Waals surface area (Å²) in [5.74, 6) is -1.75. The van der Waals surface area contributed by atoms with Gasteiger partial charge in [0.15, 0.2) is 5.75 Å². The van der Waals surface area contributed by atoms with E-state index in [4.69, 9.17) is 11.6 Å². The van der Waals surface area contributed by atoms with E-state index >= 15 is 0 Å². The molecule has 0 aliphatic rings. The van der Waals surface area contributed by atoms with E-state index in [2.05, 4.69) is 35.9 Å². The van der Waals surface area contributed by atoms with Gasteiger partial charge in [-0.05, 0) is 48.5 Å². The van der Waals surface area contributed by atoms with Gasteiger partial charge in [0.1, 0.15) is 5.69 Å². The maximum absolute atomic E-state index is 12.9. The lowest BCUT2D eigenvalue weighted by Crippen LogP contribution is -2.19.